The van der Waals surface area contributed by atoms with E-state index in [4.69, 9.17) is 0 Å². The Labute approximate surface area is 155 Å². The van der Waals surface area contributed by atoms with E-state index in [1.165, 1.54) is 4.90 Å². The Morgan fingerprint density at radius 2 is 1.88 bits per heavy atom. The SMILES string of the molecule is C=CCN(CC=C)C(=O)CN1C(=O)NC(C)(c2ccccc2Br)C1=O. The minimum Gasteiger partial charge on any atom is -0.334 e. The van der Waals surface area contributed by atoms with Gasteiger partial charge in [0.15, 0.2) is 0 Å². The fraction of sp³-hybridized carbons (Fsp3) is 0.278. The molecule has 1 heterocycles. The minimum atomic E-state index is -1.22. The molecule has 0 aromatic heterocycles. The van der Waals surface area contributed by atoms with Crippen molar-refractivity contribution in [2.45, 2.75) is 12.5 Å². The number of rotatable bonds is 7. The standard InChI is InChI=1S/C18H20BrN3O3/c1-4-10-21(11-5-2)15(23)12-22-16(24)18(3,20-17(22)25)13-8-6-7-9-14(13)19/h4-9H,1-2,10-12H2,3H3,(H,20,25). The van der Waals surface area contributed by atoms with Crippen molar-refractivity contribution in [3.8, 4) is 0 Å². The van der Waals surface area contributed by atoms with Gasteiger partial charge in [0.2, 0.25) is 5.91 Å². The summed E-state index contributed by atoms with van der Waals surface area (Å²) < 4.78 is 0.708. The third-order valence-corrected chi connectivity index (χ3v) is 4.72. The number of nitrogens with one attached hydrogen (secondary N) is 1. The van der Waals surface area contributed by atoms with Crippen LogP contribution in [0.3, 0.4) is 0 Å². The van der Waals surface area contributed by atoms with Crippen LogP contribution in [0.1, 0.15) is 12.5 Å². The molecule has 25 heavy (non-hydrogen) atoms. The Balaban J connectivity index is 2.24. The highest BCUT2D eigenvalue weighted by molar-refractivity contribution is 9.10. The molecule has 2 rings (SSSR count). The van der Waals surface area contributed by atoms with E-state index in [0.29, 0.717) is 23.1 Å². The number of benzene rings is 1. The van der Waals surface area contributed by atoms with Crippen LogP contribution in [0.15, 0.2) is 54.0 Å². The first-order valence-electron chi connectivity index (χ1n) is 7.73. The van der Waals surface area contributed by atoms with Gasteiger partial charge < -0.3 is 10.2 Å². The van der Waals surface area contributed by atoms with Crippen molar-refractivity contribution in [3.05, 3.63) is 59.6 Å². The van der Waals surface area contributed by atoms with Gasteiger partial charge in [-0.3, -0.25) is 14.5 Å². The second kappa shape index (κ2) is 7.65. The third kappa shape index (κ3) is 3.66. The average molecular weight is 406 g/mol. The third-order valence-electron chi connectivity index (χ3n) is 4.03. The number of carbonyl (C=O) groups excluding carboxylic acids is 3. The molecule has 1 aromatic carbocycles. The van der Waals surface area contributed by atoms with Crippen LogP contribution in [0.2, 0.25) is 0 Å². The summed E-state index contributed by atoms with van der Waals surface area (Å²) in [7, 11) is 0. The molecule has 1 unspecified atom stereocenters. The van der Waals surface area contributed by atoms with Gasteiger partial charge in [-0.15, -0.1) is 13.2 Å². The maximum absolute atomic E-state index is 12.9. The van der Waals surface area contributed by atoms with Gasteiger partial charge in [-0.2, -0.15) is 0 Å². The lowest BCUT2D eigenvalue weighted by molar-refractivity contribution is -0.138. The summed E-state index contributed by atoms with van der Waals surface area (Å²) in [5.41, 5.74) is -0.587. The fourth-order valence-electron chi connectivity index (χ4n) is 2.71. The number of imide groups is 1. The molecule has 6 nitrogen and oxygen atoms in total. The summed E-state index contributed by atoms with van der Waals surface area (Å²) >= 11 is 3.40. The van der Waals surface area contributed by atoms with E-state index in [1.807, 2.05) is 6.07 Å². The van der Waals surface area contributed by atoms with Crippen molar-refractivity contribution >= 4 is 33.8 Å². The molecule has 1 aliphatic rings. The van der Waals surface area contributed by atoms with E-state index in [0.717, 1.165) is 4.90 Å². The maximum Gasteiger partial charge on any atom is 0.325 e. The fourth-order valence-corrected chi connectivity index (χ4v) is 3.40. The minimum absolute atomic E-state index is 0.315. The molecule has 1 N–H and O–H groups in total. The maximum atomic E-state index is 12.9. The van der Waals surface area contributed by atoms with Gasteiger partial charge in [0, 0.05) is 23.1 Å². The molecule has 0 radical (unpaired) electrons. The molecular weight excluding hydrogens is 386 g/mol. The number of nitrogens with zero attached hydrogens (tertiary/aromatic N) is 2. The van der Waals surface area contributed by atoms with Gasteiger partial charge in [-0.25, -0.2) is 4.79 Å². The molecule has 7 heteroatoms. The summed E-state index contributed by atoms with van der Waals surface area (Å²) in [6.45, 7) is 9.14. The van der Waals surface area contributed by atoms with Crippen LogP contribution in [0, 0.1) is 0 Å². The quantitative estimate of drug-likeness (QED) is 0.559. The smallest absolute Gasteiger partial charge is 0.325 e. The lowest BCUT2D eigenvalue weighted by Crippen LogP contribution is -2.44. The van der Waals surface area contributed by atoms with E-state index < -0.39 is 17.5 Å². The molecule has 1 fully saturated rings. The zero-order valence-electron chi connectivity index (χ0n) is 14.0. The predicted octanol–water partition coefficient (Wildman–Crippen LogP) is 2.42. The van der Waals surface area contributed by atoms with Crippen molar-refractivity contribution in [2.75, 3.05) is 19.6 Å². The van der Waals surface area contributed by atoms with Crippen LogP contribution in [0.25, 0.3) is 0 Å². The number of halogens is 1. The normalized spacial score (nSPS) is 19.5. The molecule has 0 saturated carbocycles. The first kappa shape index (κ1) is 18.9. The highest BCUT2D eigenvalue weighted by Gasteiger charge is 2.50. The van der Waals surface area contributed by atoms with Gasteiger partial charge in [0.05, 0.1) is 0 Å². The van der Waals surface area contributed by atoms with Crippen LogP contribution >= 0.6 is 15.9 Å². The molecule has 0 aliphatic carbocycles. The van der Waals surface area contributed by atoms with Crippen molar-refractivity contribution in [1.29, 1.82) is 0 Å². The Bertz CT molecular complexity index is 724. The lowest BCUT2D eigenvalue weighted by Gasteiger charge is -2.24. The van der Waals surface area contributed by atoms with Crippen LogP contribution in [-0.2, 0) is 15.1 Å². The number of hydrogen-bond acceptors (Lipinski definition) is 3. The molecule has 4 amide bonds. The van der Waals surface area contributed by atoms with Crippen LogP contribution in [-0.4, -0.2) is 47.3 Å². The van der Waals surface area contributed by atoms with Crippen LogP contribution in [0.4, 0.5) is 4.79 Å². The van der Waals surface area contributed by atoms with E-state index in [2.05, 4.69) is 34.4 Å². The summed E-state index contributed by atoms with van der Waals surface area (Å²) in [5, 5.41) is 2.69. The van der Waals surface area contributed by atoms with Crippen molar-refractivity contribution in [1.82, 2.24) is 15.1 Å². The zero-order chi connectivity index (χ0) is 18.6. The first-order chi connectivity index (χ1) is 11.8. The van der Waals surface area contributed by atoms with E-state index in [-0.39, 0.29) is 12.5 Å². The highest BCUT2D eigenvalue weighted by atomic mass is 79.9. The molecule has 0 bridgehead atoms. The van der Waals surface area contributed by atoms with Gasteiger partial charge in [0.1, 0.15) is 12.1 Å². The highest BCUT2D eigenvalue weighted by Crippen LogP contribution is 2.33. The largest absolute Gasteiger partial charge is 0.334 e. The van der Waals surface area contributed by atoms with E-state index in [9.17, 15) is 14.4 Å². The molecule has 0 spiro atoms. The van der Waals surface area contributed by atoms with Crippen molar-refractivity contribution < 1.29 is 14.4 Å². The Morgan fingerprint density at radius 3 is 2.44 bits per heavy atom. The first-order valence-corrected chi connectivity index (χ1v) is 8.53. The molecule has 1 atom stereocenters. The number of urea groups is 1. The second-order valence-electron chi connectivity index (χ2n) is 5.80. The van der Waals surface area contributed by atoms with Gasteiger partial charge in [0.25, 0.3) is 5.91 Å². The monoisotopic (exact) mass is 405 g/mol. The van der Waals surface area contributed by atoms with Gasteiger partial charge in [-0.1, -0.05) is 46.3 Å². The van der Waals surface area contributed by atoms with Crippen molar-refractivity contribution in [2.24, 2.45) is 0 Å². The van der Waals surface area contributed by atoms with E-state index in [1.54, 1.807) is 37.3 Å². The zero-order valence-corrected chi connectivity index (χ0v) is 15.6. The van der Waals surface area contributed by atoms with Gasteiger partial charge >= 0.3 is 6.03 Å². The summed E-state index contributed by atoms with van der Waals surface area (Å²) in [6, 6.07) is 6.57. The Morgan fingerprint density at radius 1 is 1.28 bits per heavy atom. The molecule has 132 valence electrons. The van der Waals surface area contributed by atoms with Crippen LogP contribution in [0.5, 0.6) is 0 Å². The number of amides is 4. The Hall–Kier alpha value is -2.41. The summed E-state index contributed by atoms with van der Waals surface area (Å²) in [6.07, 6.45) is 3.16. The summed E-state index contributed by atoms with van der Waals surface area (Å²) in [4.78, 5) is 40.0. The average Bonchev–Trinajstić information content (AvgIpc) is 2.79. The molecule has 1 aromatic rings. The lowest BCUT2D eigenvalue weighted by atomic mass is 9.92. The van der Waals surface area contributed by atoms with E-state index >= 15 is 0 Å². The molecular formula is C18H20BrN3O3. The van der Waals surface area contributed by atoms with Crippen LogP contribution < -0.4 is 5.32 Å². The number of carbonyl (C=O) groups is 3. The second-order valence-corrected chi connectivity index (χ2v) is 6.66. The Kier molecular flexibility index (Phi) is 5.79. The molecule has 1 saturated heterocycles. The topological polar surface area (TPSA) is 69.7 Å². The van der Waals surface area contributed by atoms with Crippen molar-refractivity contribution in [3.63, 3.8) is 0 Å². The van der Waals surface area contributed by atoms with Gasteiger partial charge in [-0.05, 0) is 13.0 Å². The predicted molar refractivity (Wildman–Crippen MR) is 98.7 cm³/mol. The summed E-state index contributed by atoms with van der Waals surface area (Å²) in [5.74, 6) is -0.811. The molecule has 1 aliphatic heterocycles. The number of hydrogen-bond donors (Lipinski definition) is 1.